The Labute approximate surface area is 214 Å². The topological polar surface area (TPSA) is 18.5 Å². The average Bonchev–Trinajstić information content (AvgIpc) is 2.85. The molecule has 0 aliphatic carbocycles. The molecule has 4 aromatic carbocycles. The third kappa shape index (κ3) is 5.45. The van der Waals surface area contributed by atoms with Crippen molar-refractivity contribution in [2.45, 2.75) is 32.0 Å². The van der Waals surface area contributed by atoms with Crippen molar-refractivity contribution in [3.8, 4) is 11.5 Å². The minimum atomic E-state index is -4.37. The van der Waals surface area contributed by atoms with Crippen LogP contribution in [-0.2, 0) is 18.6 Å². The van der Waals surface area contributed by atoms with Crippen LogP contribution in [0, 0.1) is 34.9 Å². The molecular formula is C27H16F10O2. The smallest absolute Gasteiger partial charge is 0.429 e. The van der Waals surface area contributed by atoms with Crippen molar-refractivity contribution in [3.63, 3.8) is 0 Å². The minimum Gasteiger partial charge on any atom is -0.429 e. The second kappa shape index (κ2) is 10.3. The van der Waals surface area contributed by atoms with Gasteiger partial charge in [0.1, 0.15) is 22.9 Å². The zero-order valence-electron chi connectivity index (χ0n) is 19.7. The van der Waals surface area contributed by atoms with Crippen molar-refractivity contribution in [3.05, 3.63) is 106 Å². The fourth-order valence-electron chi connectivity index (χ4n) is 3.82. The summed E-state index contributed by atoms with van der Waals surface area (Å²) in [5, 5.41) is -1.59. The predicted octanol–water partition coefficient (Wildman–Crippen LogP) is 8.88. The van der Waals surface area contributed by atoms with E-state index in [1.807, 2.05) is 0 Å². The molecule has 0 spiro atoms. The van der Waals surface area contributed by atoms with Crippen LogP contribution >= 0.6 is 0 Å². The molecule has 0 unspecified atom stereocenters. The summed E-state index contributed by atoms with van der Waals surface area (Å²) in [7, 11) is 0. The van der Waals surface area contributed by atoms with Crippen LogP contribution in [-0.4, -0.2) is 0 Å². The van der Waals surface area contributed by atoms with E-state index in [-0.39, 0.29) is 12.0 Å². The summed E-state index contributed by atoms with van der Waals surface area (Å²) in [6, 6.07) is 5.59. The number of ether oxygens (including phenoxy) is 2. The van der Waals surface area contributed by atoms with Crippen LogP contribution in [0.2, 0.25) is 0 Å². The maximum Gasteiger partial charge on any atom is 0.429 e. The molecule has 0 fully saturated rings. The minimum absolute atomic E-state index is 0.102. The maximum atomic E-state index is 14.7. The SMILES string of the molecule is CCCc1ccc(C(F)(F)Oc2ccc(C(F)(F)Oc3cc(F)c4c(F)c(F)c(F)cc4c3)cc2)c(F)c1F. The maximum absolute atomic E-state index is 14.7. The highest BCUT2D eigenvalue weighted by Crippen LogP contribution is 2.38. The van der Waals surface area contributed by atoms with Crippen LogP contribution < -0.4 is 9.47 Å². The quantitative estimate of drug-likeness (QED) is 0.158. The van der Waals surface area contributed by atoms with E-state index < -0.39 is 80.5 Å². The number of hydrogen-bond acceptors (Lipinski definition) is 2. The number of fused-ring (bicyclic) bond motifs is 1. The molecule has 0 N–H and O–H groups in total. The first-order chi connectivity index (χ1) is 18.2. The monoisotopic (exact) mass is 562 g/mol. The van der Waals surface area contributed by atoms with Crippen LogP contribution in [0.1, 0.15) is 30.0 Å². The molecule has 0 aromatic heterocycles. The van der Waals surface area contributed by atoms with Gasteiger partial charge in [-0.25, -0.2) is 26.3 Å². The third-order valence-corrected chi connectivity index (χ3v) is 5.68. The van der Waals surface area contributed by atoms with Gasteiger partial charge in [0.15, 0.2) is 29.1 Å². The first-order valence-corrected chi connectivity index (χ1v) is 11.2. The Balaban J connectivity index is 1.55. The number of alkyl halides is 4. The van der Waals surface area contributed by atoms with Crippen LogP contribution in [0.25, 0.3) is 10.8 Å². The molecule has 39 heavy (non-hydrogen) atoms. The molecule has 4 aromatic rings. The lowest BCUT2D eigenvalue weighted by Crippen LogP contribution is -2.25. The summed E-state index contributed by atoms with van der Waals surface area (Å²) < 4.78 is 151. The predicted molar refractivity (Wildman–Crippen MR) is 120 cm³/mol. The lowest BCUT2D eigenvalue weighted by atomic mass is 10.1. The van der Waals surface area contributed by atoms with Crippen molar-refractivity contribution < 1.29 is 53.4 Å². The molecule has 0 saturated heterocycles. The molecule has 0 saturated carbocycles. The Bertz CT molecular complexity index is 1530. The molecule has 0 amide bonds. The van der Waals surface area contributed by atoms with Crippen molar-refractivity contribution in [2.75, 3.05) is 0 Å². The van der Waals surface area contributed by atoms with Gasteiger partial charge in [0.25, 0.3) is 0 Å². The van der Waals surface area contributed by atoms with E-state index in [4.69, 9.17) is 0 Å². The van der Waals surface area contributed by atoms with Gasteiger partial charge in [-0.1, -0.05) is 19.4 Å². The van der Waals surface area contributed by atoms with E-state index >= 15 is 0 Å². The third-order valence-electron chi connectivity index (χ3n) is 5.68. The number of halogens is 10. The molecule has 0 atom stereocenters. The van der Waals surface area contributed by atoms with E-state index in [1.54, 1.807) is 6.92 Å². The average molecular weight is 562 g/mol. The lowest BCUT2D eigenvalue weighted by Gasteiger charge is -2.21. The van der Waals surface area contributed by atoms with Gasteiger partial charge in [0, 0.05) is 6.07 Å². The van der Waals surface area contributed by atoms with Crippen molar-refractivity contribution in [2.24, 2.45) is 0 Å². The highest BCUT2D eigenvalue weighted by molar-refractivity contribution is 5.85. The molecular weight excluding hydrogens is 546 g/mol. The van der Waals surface area contributed by atoms with Crippen molar-refractivity contribution in [1.29, 1.82) is 0 Å². The van der Waals surface area contributed by atoms with Crippen LogP contribution in [0.4, 0.5) is 43.9 Å². The van der Waals surface area contributed by atoms with Gasteiger partial charge in [-0.05, 0) is 59.8 Å². The summed E-state index contributed by atoms with van der Waals surface area (Å²) in [6.45, 7) is 1.69. The number of rotatable bonds is 8. The van der Waals surface area contributed by atoms with Crippen molar-refractivity contribution >= 4 is 10.8 Å². The van der Waals surface area contributed by atoms with Gasteiger partial charge >= 0.3 is 12.2 Å². The van der Waals surface area contributed by atoms with Crippen LogP contribution in [0.15, 0.2) is 54.6 Å². The van der Waals surface area contributed by atoms with Gasteiger partial charge < -0.3 is 9.47 Å². The largest absolute Gasteiger partial charge is 0.429 e. The van der Waals surface area contributed by atoms with Crippen molar-refractivity contribution in [1.82, 2.24) is 0 Å². The summed E-state index contributed by atoms with van der Waals surface area (Å²) in [5.41, 5.74) is -2.44. The highest BCUT2D eigenvalue weighted by Gasteiger charge is 2.40. The first-order valence-electron chi connectivity index (χ1n) is 11.2. The number of benzene rings is 4. The molecule has 0 aliphatic heterocycles. The van der Waals surface area contributed by atoms with E-state index in [0.29, 0.717) is 55.0 Å². The molecule has 206 valence electrons. The van der Waals surface area contributed by atoms with Gasteiger partial charge in [0.05, 0.1) is 10.9 Å². The Hall–Kier alpha value is -3.96. The second-order valence-electron chi connectivity index (χ2n) is 8.40. The first kappa shape index (κ1) is 28.1. The highest BCUT2D eigenvalue weighted by atomic mass is 19.3. The van der Waals surface area contributed by atoms with Crippen LogP contribution in [0.5, 0.6) is 11.5 Å². The van der Waals surface area contributed by atoms with E-state index in [1.165, 1.54) is 0 Å². The fraction of sp³-hybridized carbons (Fsp3) is 0.185. The number of hydrogen-bond donors (Lipinski definition) is 0. The lowest BCUT2D eigenvalue weighted by molar-refractivity contribution is -0.188. The fourth-order valence-corrected chi connectivity index (χ4v) is 3.82. The molecule has 0 radical (unpaired) electrons. The standard InChI is InChI=1S/C27H16F10O2/c1-2-3-13-4-9-18(23(31)22(13)30)27(36,37)38-16-7-5-15(6-8-16)26(34,35)39-17-10-14-11-20(29)24(32)25(33)21(14)19(28)12-17/h4-12H,2-3H2,1H3. The Morgan fingerprint density at radius 3 is 1.90 bits per heavy atom. The molecule has 4 rings (SSSR count). The summed E-state index contributed by atoms with van der Waals surface area (Å²) in [4.78, 5) is 0. The normalized spacial score (nSPS) is 12.2. The number of aryl methyl sites for hydroxylation is 1. The van der Waals surface area contributed by atoms with Gasteiger partial charge in [0.2, 0.25) is 0 Å². The van der Waals surface area contributed by atoms with Crippen LogP contribution in [0.3, 0.4) is 0 Å². The van der Waals surface area contributed by atoms with E-state index in [0.717, 1.165) is 6.07 Å². The zero-order chi connectivity index (χ0) is 28.7. The van der Waals surface area contributed by atoms with E-state index in [9.17, 15) is 43.9 Å². The molecule has 0 aliphatic rings. The van der Waals surface area contributed by atoms with Gasteiger partial charge in [-0.15, -0.1) is 0 Å². The second-order valence-corrected chi connectivity index (χ2v) is 8.40. The van der Waals surface area contributed by atoms with Gasteiger partial charge in [-0.2, -0.15) is 17.6 Å². The molecule has 0 bridgehead atoms. The molecule has 0 heterocycles. The van der Waals surface area contributed by atoms with E-state index in [2.05, 4.69) is 9.47 Å². The Morgan fingerprint density at radius 2 is 1.26 bits per heavy atom. The molecule has 12 heteroatoms. The Kier molecular flexibility index (Phi) is 7.42. The summed E-state index contributed by atoms with van der Waals surface area (Å²) in [6.07, 6.45) is -8.03. The molecule has 2 nitrogen and oxygen atoms in total. The summed E-state index contributed by atoms with van der Waals surface area (Å²) in [5.74, 6) is -11.8. The Morgan fingerprint density at radius 1 is 0.615 bits per heavy atom. The van der Waals surface area contributed by atoms with Gasteiger partial charge in [-0.3, -0.25) is 0 Å². The summed E-state index contributed by atoms with van der Waals surface area (Å²) >= 11 is 0. The zero-order valence-corrected chi connectivity index (χ0v) is 19.7.